The monoisotopic (exact) mass is 448 g/mol. The van der Waals surface area contributed by atoms with Crippen molar-refractivity contribution >= 4 is 22.4 Å². The summed E-state index contributed by atoms with van der Waals surface area (Å²) in [4.78, 5) is 39.8. The van der Waals surface area contributed by atoms with Crippen LogP contribution in [0.4, 0.5) is 11.5 Å². The second kappa shape index (κ2) is 9.05. The lowest BCUT2D eigenvalue weighted by molar-refractivity contribution is 0.273. The molecule has 0 spiro atoms. The zero-order valence-electron chi connectivity index (χ0n) is 19.3. The normalized spacial score (nSPS) is 14.8. The predicted molar refractivity (Wildman–Crippen MR) is 129 cm³/mol. The van der Waals surface area contributed by atoms with E-state index in [1.807, 2.05) is 48.0 Å². The Hall–Kier alpha value is -3.68. The Labute approximate surface area is 191 Å². The fourth-order valence-corrected chi connectivity index (χ4v) is 4.15. The number of hydrogen-bond acceptors (Lipinski definition) is 8. The first kappa shape index (κ1) is 22.5. The largest absolute Gasteiger partial charge is 0.337 e. The Kier molecular flexibility index (Phi) is 6.18. The number of nitrogens with zero attached hydrogens (tertiary/aromatic N) is 6. The van der Waals surface area contributed by atoms with Crippen LogP contribution in [0.5, 0.6) is 0 Å². The Morgan fingerprint density at radius 2 is 2.00 bits per heavy atom. The molecule has 3 N–H and O–H groups in total. The van der Waals surface area contributed by atoms with Gasteiger partial charge in [0.2, 0.25) is 0 Å². The van der Waals surface area contributed by atoms with Gasteiger partial charge in [0.25, 0.3) is 5.56 Å². The van der Waals surface area contributed by atoms with E-state index in [1.54, 1.807) is 14.0 Å². The lowest BCUT2D eigenvalue weighted by Gasteiger charge is -2.31. The molecule has 2 aromatic heterocycles. The van der Waals surface area contributed by atoms with Gasteiger partial charge in [-0.2, -0.15) is 0 Å². The van der Waals surface area contributed by atoms with Crippen LogP contribution in [0.2, 0.25) is 0 Å². The first-order valence-corrected chi connectivity index (χ1v) is 10.8. The number of nitrogens with one attached hydrogen (secondary N) is 1. The molecule has 10 nitrogen and oxygen atoms in total. The molecule has 0 aliphatic carbocycles. The Morgan fingerprint density at radius 1 is 1.24 bits per heavy atom. The second-order valence-corrected chi connectivity index (χ2v) is 8.01. The van der Waals surface area contributed by atoms with Gasteiger partial charge in [-0.05, 0) is 27.0 Å². The number of para-hydroxylation sites is 1. The zero-order chi connectivity index (χ0) is 23.7. The Bertz CT molecular complexity index is 1380. The topological polar surface area (TPSA) is 114 Å². The molecule has 10 heteroatoms. The minimum Gasteiger partial charge on any atom is -0.337 e. The molecule has 0 amide bonds. The molecule has 3 aromatic rings. The number of likely N-dealkylation sites (N-methyl/N-ethyl adjacent to an activating group) is 1. The highest BCUT2D eigenvalue weighted by Gasteiger charge is 2.36. The number of rotatable bonds is 6. The van der Waals surface area contributed by atoms with Gasteiger partial charge in [-0.15, -0.1) is 5.92 Å². The third-order valence-electron chi connectivity index (χ3n) is 5.84. The lowest BCUT2D eigenvalue weighted by atomic mass is 10.2. The summed E-state index contributed by atoms with van der Waals surface area (Å²) in [6, 6.07) is 7.67. The molecule has 0 bridgehead atoms. The first-order chi connectivity index (χ1) is 15.9. The molecular formula is C23H28N8O2. The van der Waals surface area contributed by atoms with E-state index in [4.69, 9.17) is 5.73 Å². The van der Waals surface area contributed by atoms with Crippen molar-refractivity contribution in [2.24, 2.45) is 12.8 Å². The molecular weight excluding hydrogens is 420 g/mol. The minimum absolute atomic E-state index is 0.0267. The quantitative estimate of drug-likeness (QED) is 0.517. The summed E-state index contributed by atoms with van der Waals surface area (Å²) in [5.41, 5.74) is 6.86. The third-order valence-corrected chi connectivity index (χ3v) is 5.84. The second-order valence-electron chi connectivity index (χ2n) is 8.01. The van der Waals surface area contributed by atoms with E-state index in [9.17, 15) is 9.59 Å². The number of aromatic nitrogens is 4. The summed E-state index contributed by atoms with van der Waals surface area (Å²) in [5.74, 6) is 6.79. The number of aryl methyl sites for hydroxylation is 1. The number of fused-ring (bicyclic) bond motifs is 2. The van der Waals surface area contributed by atoms with E-state index in [1.165, 1.54) is 9.13 Å². The van der Waals surface area contributed by atoms with Crippen LogP contribution in [-0.2, 0) is 13.6 Å². The molecule has 1 aliphatic rings. The molecule has 172 valence electrons. The summed E-state index contributed by atoms with van der Waals surface area (Å²) in [5, 5.41) is 4.24. The van der Waals surface area contributed by atoms with E-state index in [0.29, 0.717) is 37.0 Å². The van der Waals surface area contributed by atoms with E-state index in [2.05, 4.69) is 27.1 Å². The van der Waals surface area contributed by atoms with Crippen molar-refractivity contribution in [1.29, 1.82) is 0 Å². The highest BCUT2D eigenvalue weighted by Crippen LogP contribution is 2.30. The van der Waals surface area contributed by atoms with Crippen LogP contribution in [0.15, 0.2) is 33.9 Å². The molecule has 0 radical (unpaired) electrons. The van der Waals surface area contributed by atoms with Gasteiger partial charge in [0.1, 0.15) is 17.3 Å². The van der Waals surface area contributed by atoms with Crippen LogP contribution in [-0.4, -0.2) is 57.0 Å². The van der Waals surface area contributed by atoms with Crippen molar-refractivity contribution in [2.75, 3.05) is 36.9 Å². The van der Waals surface area contributed by atoms with Crippen molar-refractivity contribution in [3.63, 3.8) is 0 Å². The van der Waals surface area contributed by atoms with E-state index < -0.39 is 11.2 Å². The number of benzene rings is 1. The summed E-state index contributed by atoms with van der Waals surface area (Å²) in [6.07, 6.45) is -0.349. The van der Waals surface area contributed by atoms with Gasteiger partial charge in [-0.1, -0.05) is 24.1 Å². The standard InChI is InChI=1S/C23H28N8O2/c1-5-6-12-30-19-20(27-22(30)28(3)13-11-24)29(4)23(33)31(21(19)32)14-18-25-15(2)16-9-7-8-10-17(16)26-18/h7-10,22,27H,11-14,24H2,1-4H3. The third kappa shape index (κ3) is 3.97. The maximum absolute atomic E-state index is 13.6. The van der Waals surface area contributed by atoms with Gasteiger partial charge in [0.15, 0.2) is 6.29 Å². The molecule has 1 aliphatic heterocycles. The fraction of sp³-hybridized carbons (Fsp3) is 0.391. The summed E-state index contributed by atoms with van der Waals surface area (Å²) >= 11 is 0. The van der Waals surface area contributed by atoms with Crippen LogP contribution in [0.3, 0.4) is 0 Å². The molecule has 4 rings (SSSR count). The first-order valence-electron chi connectivity index (χ1n) is 10.8. The Morgan fingerprint density at radius 3 is 2.73 bits per heavy atom. The van der Waals surface area contributed by atoms with Crippen molar-refractivity contribution < 1.29 is 0 Å². The van der Waals surface area contributed by atoms with Gasteiger partial charge in [-0.25, -0.2) is 14.8 Å². The van der Waals surface area contributed by atoms with Gasteiger partial charge in [0, 0.05) is 31.2 Å². The lowest BCUT2D eigenvalue weighted by Crippen LogP contribution is -2.50. The van der Waals surface area contributed by atoms with Gasteiger partial charge >= 0.3 is 5.69 Å². The molecule has 33 heavy (non-hydrogen) atoms. The van der Waals surface area contributed by atoms with Crippen molar-refractivity contribution in [2.45, 2.75) is 26.7 Å². The number of anilines is 2. The maximum Gasteiger partial charge on any atom is 0.332 e. The molecule has 0 saturated heterocycles. The minimum atomic E-state index is -0.440. The van der Waals surface area contributed by atoms with Crippen molar-refractivity contribution in [1.82, 2.24) is 24.0 Å². The predicted octanol–water partition coefficient (Wildman–Crippen LogP) is 0.276. The smallest absolute Gasteiger partial charge is 0.332 e. The summed E-state index contributed by atoms with van der Waals surface area (Å²) in [7, 11) is 3.55. The van der Waals surface area contributed by atoms with E-state index in [-0.39, 0.29) is 12.8 Å². The average molecular weight is 449 g/mol. The van der Waals surface area contributed by atoms with Crippen molar-refractivity contribution in [3.8, 4) is 11.8 Å². The van der Waals surface area contributed by atoms with Gasteiger partial charge < -0.3 is 16.0 Å². The number of nitrogens with two attached hydrogens (primary N) is 1. The highest BCUT2D eigenvalue weighted by molar-refractivity contribution is 5.80. The van der Waals surface area contributed by atoms with Crippen LogP contribution in [0, 0.1) is 18.8 Å². The van der Waals surface area contributed by atoms with Crippen LogP contribution in [0.25, 0.3) is 10.9 Å². The molecule has 1 atom stereocenters. The fourth-order valence-electron chi connectivity index (χ4n) is 4.15. The zero-order valence-corrected chi connectivity index (χ0v) is 19.3. The summed E-state index contributed by atoms with van der Waals surface area (Å²) < 4.78 is 2.63. The molecule has 0 fully saturated rings. The highest BCUT2D eigenvalue weighted by atomic mass is 16.2. The van der Waals surface area contributed by atoms with Crippen molar-refractivity contribution in [3.05, 3.63) is 56.6 Å². The Balaban J connectivity index is 1.82. The maximum atomic E-state index is 13.6. The van der Waals surface area contributed by atoms with Crippen LogP contribution >= 0.6 is 0 Å². The summed E-state index contributed by atoms with van der Waals surface area (Å²) in [6.45, 7) is 5.01. The van der Waals surface area contributed by atoms with E-state index in [0.717, 1.165) is 16.6 Å². The van der Waals surface area contributed by atoms with E-state index >= 15 is 0 Å². The SMILES string of the molecule is CC#CCN1c2c(n(C)c(=O)n(Cc3nc(C)c4ccccc4n3)c2=O)NC1N(C)CCN. The van der Waals surface area contributed by atoms with Crippen LogP contribution in [0.1, 0.15) is 18.4 Å². The van der Waals surface area contributed by atoms with Crippen LogP contribution < -0.4 is 27.2 Å². The molecule has 1 unspecified atom stereocenters. The molecule has 1 aromatic carbocycles. The molecule has 3 heterocycles. The molecule has 0 saturated carbocycles. The van der Waals surface area contributed by atoms with Gasteiger partial charge in [-0.3, -0.25) is 18.8 Å². The average Bonchev–Trinajstić information content (AvgIpc) is 3.19. The van der Waals surface area contributed by atoms with Gasteiger partial charge in [0.05, 0.1) is 18.6 Å². The number of hydrogen-bond donors (Lipinski definition) is 2.